The Kier molecular flexibility index (Phi) is 4.40. The van der Waals surface area contributed by atoms with E-state index < -0.39 is 0 Å². The summed E-state index contributed by atoms with van der Waals surface area (Å²) in [5.74, 6) is 0.0786. The number of amides is 2. The Balaban J connectivity index is 1.67. The highest BCUT2D eigenvalue weighted by Gasteiger charge is 2.23. The van der Waals surface area contributed by atoms with Crippen molar-refractivity contribution in [3.05, 3.63) is 29.3 Å². The molecule has 2 aliphatic heterocycles. The zero-order valence-corrected chi connectivity index (χ0v) is 12.5. The fourth-order valence-corrected chi connectivity index (χ4v) is 3.01. The van der Waals surface area contributed by atoms with Crippen LogP contribution in [0.2, 0.25) is 0 Å². The molecule has 2 heterocycles. The van der Waals surface area contributed by atoms with Crippen LogP contribution in [0.25, 0.3) is 0 Å². The number of nitrogens with one attached hydrogen (secondary N) is 1. The molecule has 0 unspecified atom stereocenters. The average molecular weight is 303 g/mol. The first kappa shape index (κ1) is 15.0. The third kappa shape index (κ3) is 3.13. The van der Waals surface area contributed by atoms with Gasteiger partial charge < -0.3 is 15.3 Å². The maximum atomic E-state index is 12.6. The Bertz CT molecular complexity index is 580. The SMILES string of the molecule is O=C1CCc2cc(C(=O)N3CCN(CCO)CC3)ccc2N1. The highest BCUT2D eigenvalue weighted by Crippen LogP contribution is 2.24. The molecular weight excluding hydrogens is 282 g/mol. The van der Waals surface area contributed by atoms with E-state index in [0.717, 1.165) is 24.3 Å². The van der Waals surface area contributed by atoms with Gasteiger partial charge in [0, 0.05) is 50.4 Å². The van der Waals surface area contributed by atoms with Gasteiger partial charge in [0.25, 0.3) is 5.91 Å². The van der Waals surface area contributed by atoms with Gasteiger partial charge in [0.1, 0.15) is 0 Å². The van der Waals surface area contributed by atoms with E-state index in [9.17, 15) is 9.59 Å². The lowest BCUT2D eigenvalue weighted by molar-refractivity contribution is -0.116. The largest absolute Gasteiger partial charge is 0.395 e. The lowest BCUT2D eigenvalue weighted by Gasteiger charge is -2.34. The number of aliphatic hydroxyl groups is 1. The number of carbonyl (C=O) groups excluding carboxylic acids is 2. The van der Waals surface area contributed by atoms with Gasteiger partial charge in [-0.15, -0.1) is 0 Å². The lowest BCUT2D eigenvalue weighted by Crippen LogP contribution is -2.49. The van der Waals surface area contributed by atoms with Crippen molar-refractivity contribution >= 4 is 17.5 Å². The van der Waals surface area contributed by atoms with Gasteiger partial charge in [-0.2, -0.15) is 0 Å². The van der Waals surface area contributed by atoms with Crippen LogP contribution < -0.4 is 5.32 Å². The van der Waals surface area contributed by atoms with E-state index in [4.69, 9.17) is 5.11 Å². The molecule has 0 saturated carbocycles. The van der Waals surface area contributed by atoms with Gasteiger partial charge in [-0.1, -0.05) is 0 Å². The van der Waals surface area contributed by atoms with E-state index in [-0.39, 0.29) is 18.4 Å². The molecule has 1 fully saturated rings. The summed E-state index contributed by atoms with van der Waals surface area (Å²) in [6.07, 6.45) is 1.16. The number of piperazine rings is 1. The zero-order valence-electron chi connectivity index (χ0n) is 12.5. The summed E-state index contributed by atoms with van der Waals surface area (Å²) < 4.78 is 0. The van der Waals surface area contributed by atoms with Crippen molar-refractivity contribution in [3.8, 4) is 0 Å². The number of aliphatic hydroxyl groups excluding tert-OH is 1. The van der Waals surface area contributed by atoms with Crippen LogP contribution in [-0.4, -0.2) is 66.1 Å². The summed E-state index contributed by atoms with van der Waals surface area (Å²) in [6.45, 7) is 3.80. The first-order valence-electron chi connectivity index (χ1n) is 7.72. The van der Waals surface area contributed by atoms with Crippen molar-refractivity contribution in [2.45, 2.75) is 12.8 Å². The monoisotopic (exact) mass is 303 g/mol. The predicted octanol–water partition coefficient (Wildman–Crippen LogP) is 0.321. The van der Waals surface area contributed by atoms with Crippen LogP contribution in [0, 0.1) is 0 Å². The third-order valence-electron chi connectivity index (χ3n) is 4.32. The number of aryl methyl sites for hydroxylation is 1. The Labute approximate surface area is 129 Å². The standard InChI is InChI=1S/C16H21N3O3/c20-10-9-18-5-7-19(8-6-18)16(22)13-1-3-14-12(11-13)2-4-15(21)17-14/h1,3,11,20H,2,4-10H2,(H,17,21). The highest BCUT2D eigenvalue weighted by molar-refractivity contribution is 5.98. The quantitative estimate of drug-likeness (QED) is 0.843. The molecule has 0 aromatic heterocycles. The van der Waals surface area contributed by atoms with Gasteiger partial charge in [-0.25, -0.2) is 0 Å². The number of hydrogen-bond acceptors (Lipinski definition) is 4. The fraction of sp³-hybridized carbons (Fsp3) is 0.500. The summed E-state index contributed by atoms with van der Waals surface area (Å²) >= 11 is 0. The Morgan fingerprint density at radius 2 is 1.95 bits per heavy atom. The van der Waals surface area contributed by atoms with Gasteiger partial charge >= 0.3 is 0 Å². The molecule has 0 bridgehead atoms. The van der Waals surface area contributed by atoms with Gasteiger partial charge in [-0.3, -0.25) is 14.5 Å². The van der Waals surface area contributed by atoms with Crippen molar-refractivity contribution in [3.63, 3.8) is 0 Å². The van der Waals surface area contributed by atoms with Crippen LogP contribution >= 0.6 is 0 Å². The second kappa shape index (κ2) is 6.46. The number of benzene rings is 1. The second-order valence-electron chi connectivity index (χ2n) is 5.78. The van der Waals surface area contributed by atoms with Crippen LogP contribution in [0.5, 0.6) is 0 Å². The lowest BCUT2D eigenvalue weighted by atomic mass is 10.00. The van der Waals surface area contributed by atoms with Crippen molar-refractivity contribution in [2.24, 2.45) is 0 Å². The number of hydrogen-bond donors (Lipinski definition) is 2. The molecule has 0 radical (unpaired) electrons. The van der Waals surface area contributed by atoms with Crippen LogP contribution in [0.1, 0.15) is 22.3 Å². The second-order valence-corrected chi connectivity index (χ2v) is 5.78. The van der Waals surface area contributed by atoms with Gasteiger partial charge in [-0.05, 0) is 30.2 Å². The molecule has 118 valence electrons. The minimum Gasteiger partial charge on any atom is -0.395 e. The number of fused-ring (bicyclic) bond motifs is 1. The summed E-state index contributed by atoms with van der Waals surface area (Å²) in [4.78, 5) is 28.0. The van der Waals surface area contributed by atoms with Crippen molar-refractivity contribution in [1.82, 2.24) is 9.80 Å². The molecule has 2 aliphatic rings. The molecule has 2 amide bonds. The smallest absolute Gasteiger partial charge is 0.253 e. The maximum Gasteiger partial charge on any atom is 0.253 e. The number of anilines is 1. The van der Waals surface area contributed by atoms with E-state index in [1.54, 1.807) is 6.07 Å². The van der Waals surface area contributed by atoms with E-state index in [1.165, 1.54) is 0 Å². The molecule has 0 aliphatic carbocycles. The molecule has 1 aromatic carbocycles. The zero-order chi connectivity index (χ0) is 15.5. The molecule has 1 saturated heterocycles. The first-order chi connectivity index (χ1) is 10.7. The summed E-state index contributed by atoms with van der Waals surface area (Å²) in [6, 6.07) is 5.51. The number of carbonyl (C=O) groups is 2. The molecule has 1 aromatic rings. The average Bonchev–Trinajstić information content (AvgIpc) is 2.55. The Morgan fingerprint density at radius 3 is 2.68 bits per heavy atom. The topological polar surface area (TPSA) is 72.9 Å². The summed E-state index contributed by atoms with van der Waals surface area (Å²) in [5, 5.41) is 11.8. The van der Waals surface area contributed by atoms with Crippen LogP contribution in [0.15, 0.2) is 18.2 Å². The van der Waals surface area contributed by atoms with E-state index in [0.29, 0.717) is 38.0 Å². The molecule has 0 atom stereocenters. The van der Waals surface area contributed by atoms with E-state index in [1.807, 2.05) is 17.0 Å². The molecule has 22 heavy (non-hydrogen) atoms. The maximum absolute atomic E-state index is 12.6. The summed E-state index contributed by atoms with van der Waals surface area (Å²) in [5.41, 5.74) is 2.54. The Hall–Kier alpha value is -1.92. The van der Waals surface area contributed by atoms with Crippen LogP contribution in [0.4, 0.5) is 5.69 Å². The Morgan fingerprint density at radius 1 is 1.18 bits per heavy atom. The molecule has 0 spiro atoms. The van der Waals surface area contributed by atoms with E-state index >= 15 is 0 Å². The van der Waals surface area contributed by atoms with Gasteiger partial charge in [0.2, 0.25) is 5.91 Å². The molecule has 6 nitrogen and oxygen atoms in total. The molecule has 6 heteroatoms. The van der Waals surface area contributed by atoms with Gasteiger partial charge in [0.15, 0.2) is 0 Å². The van der Waals surface area contributed by atoms with Gasteiger partial charge in [0.05, 0.1) is 6.61 Å². The van der Waals surface area contributed by atoms with Crippen molar-refractivity contribution in [1.29, 1.82) is 0 Å². The van der Waals surface area contributed by atoms with Crippen molar-refractivity contribution < 1.29 is 14.7 Å². The normalized spacial score (nSPS) is 18.8. The minimum absolute atomic E-state index is 0.0339. The van der Waals surface area contributed by atoms with E-state index in [2.05, 4.69) is 10.2 Å². The minimum atomic E-state index is 0.0339. The van der Waals surface area contributed by atoms with Crippen LogP contribution in [0.3, 0.4) is 0 Å². The molecule has 3 rings (SSSR count). The first-order valence-corrected chi connectivity index (χ1v) is 7.72. The number of rotatable bonds is 3. The highest BCUT2D eigenvalue weighted by atomic mass is 16.3. The molecular formula is C16H21N3O3. The summed E-state index contributed by atoms with van der Waals surface area (Å²) in [7, 11) is 0. The number of β-amino-alcohol motifs (C(OH)–C–C–N with tert-alkyl or cyclic N) is 1. The number of nitrogens with zero attached hydrogens (tertiary/aromatic N) is 2. The third-order valence-corrected chi connectivity index (χ3v) is 4.32. The van der Waals surface area contributed by atoms with Crippen LogP contribution in [-0.2, 0) is 11.2 Å². The van der Waals surface area contributed by atoms with Crippen molar-refractivity contribution in [2.75, 3.05) is 44.6 Å². The molecule has 2 N–H and O–H groups in total. The fourth-order valence-electron chi connectivity index (χ4n) is 3.01. The predicted molar refractivity (Wildman–Crippen MR) is 82.8 cm³/mol.